The maximum Gasteiger partial charge on any atom is 0.195 e. The Bertz CT molecular complexity index is 578. The number of aliphatic hydroxyl groups excluding tert-OH is 7. The van der Waals surface area contributed by atoms with E-state index in [0.717, 1.165) is 25.7 Å². The highest BCUT2D eigenvalue weighted by Crippen LogP contribution is 2.35. The van der Waals surface area contributed by atoms with Crippen molar-refractivity contribution in [3.8, 4) is 0 Å². The lowest BCUT2D eigenvalue weighted by Crippen LogP contribution is -2.68. The van der Waals surface area contributed by atoms with Crippen LogP contribution in [0.5, 0.6) is 0 Å². The third-order valence-electron chi connectivity index (χ3n) is 7.05. The Balaban J connectivity index is 1.85. The van der Waals surface area contributed by atoms with Crippen LogP contribution < -0.4 is 0 Å². The van der Waals surface area contributed by atoms with E-state index in [1.807, 2.05) is 0 Å². The van der Waals surface area contributed by atoms with Gasteiger partial charge in [-0.15, -0.1) is 0 Å². The molecule has 35 heavy (non-hydrogen) atoms. The van der Waals surface area contributed by atoms with Crippen LogP contribution in [0.2, 0.25) is 0 Å². The highest BCUT2D eigenvalue weighted by Gasteiger charge is 2.55. The van der Waals surface area contributed by atoms with Crippen molar-refractivity contribution >= 4 is 0 Å². The number of ether oxygens (including phenoxy) is 3. The minimum atomic E-state index is -2.10. The second-order valence-electron chi connectivity index (χ2n) is 9.85. The van der Waals surface area contributed by atoms with E-state index in [1.54, 1.807) is 0 Å². The molecule has 10 atom stereocenters. The summed E-state index contributed by atoms with van der Waals surface area (Å²) in [5, 5.41) is 81.3. The van der Waals surface area contributed by atoms with E-state index in [4.69, 9.17) is 14.2 Å². The average molecular weight is 511 g/mol. The van der Waals surface area contributed by atoms with Crippen LogP contribution in [0.3, 0.4) is 0 Å². The van der Waals surface area contributed by atoms with Crippen molar-refractivity contribution in [1.29, 1.82) is 0 Å². The number of hydrogen-bond donors (Lipinski definition) is 8. The van der Waals surface area contributed by atoms with Gasteiger partial charge in [0.25, 0.3) is 0 Å². The molecule has 0 unspecified atom stereocenters. The molecule has 0 aliphatic carbocycles. The van der Waals surface area contributed by atoms with Crippen LogP contribution in [0.4, 0.5) is 0 Å². The van der Waals surface area contributed by atoms with Crippen LogP contribution in [0.15, 0.2) is 0 Å². The van der Waals surface area contributed by atoms with Crippen molar-refractivity contribution < 1.29 is 55.1 Å². The van der Waals surface area contributed by atoms with E-state index >= 15 is 0 Å². The summed E-state index contributed by atoms with van der Waals surface area (Å²) in [6.07, 6.45) is -3.13. The Morgan fingerprint density at radius 1 is 0.686 bits per heavy atom. The SMILES string of the molecule is CCCCCCCCCCCC[C@]1(O)O[C@H](CO)[C@@H](O[C@@H]2O[C@H](CO)[C@H](O)[C@H](O)[C@H]2O)[C@H](O)[C@H]1O. The van der Waals surface area contributed by atoms with Gasteiger partial charge in [0.1, 0.15) is 48.8 Å². The van der Waals surface area contributed by atoms with E-state index in [1.165, 1.54) is 32.1 Å². The van der Waals surface area contributed by atoms with Gasteiger partial charge in [0.15, 0.2) is 12.1 Å². The minimum Gasteiger partial charge on any atom is -0.394 e. The van der Waals surface area contributed by atoms with Crippen molar-refractivity contribution in [1.82, 2.24) is 0 Å². The smallest absolute Gasteiger partial charge is 0.195 e. The lowest BCUT2D eigenvalue weighted by molar-refractivity contribution is -0.384. The quantitative estimate of drug-likeness (QED) is 0.130. The molecule has 0 spiro atoms. The first-order chi connectivity index (χ1) is 16.7. The average Bonchev–Trinajstić information content (AvgIpc) is 2.85. The Labute approximate surface area is 207 Å². The predicted octanol–water partition coefficient (Wildman–Crippen LogP) is -0.716. The molecular weight excluding hydrogens is 464 g/mol. The van der Waals surface area contributed by atoms with E-state index in [0.29, 0.717) is 6.42 Å². The van der Waals surface area contributed by atoms with Gasteiger partial charge in [0, 0.05) is 6.42 Å². The molecule has 2 aliphatic rings. The fourth-order valence-electron chi connectivity index (χ4n) is 4.78. The van der Waals surface area contributed by atoms with E-state index in [9.17, 15) is 40.9 Å². The van der Waals surface area contributed by atoms with Gasteiger partial charge < -0.3 is 55.1 Å². The van der Waals surface area contributed by atoms with Crippen molar-refractivity contribution in [3.63, 3.8) is 0 Å². The van der Waals surface area contributed by atoms with Gasteiger partial charge in [-0.2, -0.15) is 0 Å². The Hall–Kier alpha value is -0.440. The molecule has 2 fully saturated rings. The van der Waals surface area contributed by atoms with Gasteiger partial charge in [0.05, 0.1) is 13.2 Å². The third-order valence-corrected chi connectivity index (χ3v) is 7.05. The second-order valence-corrected chi connectivity index (χ2v) is 9.85. The molecule has 11 heteroatoms. The van der Waals surface area contributed by atoms with E-state index < -0.39 is 74.1 Å². The predicted molar refractivity (Wildman–Crippen MR) is 124 cm³/mol. The molecule has 2 saturated heterocycles. The van der Waals surface area contributed by atoms with Gasteiger partial charge in [-0.3, -0.25) is 0 Å². The normalized spacial score (nSPS) is 40.2. The van der Waals surface area contributed by atoms with E-state index in [2.05, 4.69) is 6.92 Å². The van der Waals surface area contributed by atoms with Crippen molar-refractivity contribution in [2.24, 2.45) is 0 Å². The Morgan fingerprint density at radius 2 is 1.23 bits per heavy atom. The lowest BCUT2D eigenvalue weighted by atomic mass is 9.89. The van der Waals surface area contributed by atoms with Gasteiger partial charge in [-0.25, -0.2) is 0 Å². The number of aliphatic hydroxyl groups is 8. The third kappa shape index (κ3) is 8.27. The van der Waals surface area contributed by atoms with Gasteiger partial charge in [0.2, 0.25) is 0 Å². The van der Waals surface area contributed by atoms with Crippen LogP contribution >= 0.6 is 0 Å². The van der Waals surface area contributed by atoms with Crippen LogP contribution in [0.1, 0.15) is 77.6 Å². The fraction of sp³-hybridized carbons (Fsp3) is 1.00. The summed E-state index contributed by atoms with van der Waals surface area (Å²) in [5.41, 5.74) is 0. The molecule has 2 rings (SSSR count). The Kier molecular flexibility index (Phi) is 13.3. The molecule has 0 saturated carbocycles. The monoisotopic (exact) mass is 510 g/mol. The van der Waals surface area contributed by atoms with Crippen LogP contribution in [-0.2, 0) is 14.2 Å². The summed E-state index contributed by atoms with van der Waals surface area (Å²) in [7, 11) is 0. The van der Waals surface area contributed by atoms with E-state index in [-0.39, 0.29) is 6.42 Å². The highest BCUT2D eigenvalue weighted by atomic mass is 16.7. The molecule has 0 amide bonds. The molecule has 2 heterocycles. The maximum absolute atomic E-state index is 10.9. The number of hydrogen-bond acceptors (Lipinski definition) is 11. The summed E-state index contributed by atoms with van der Waals surface area (Å²) < 4.78 is 16.3. The summed E-state index contributed by atoms with van der Waals surface area (Å²) in [5.74, 6) is -2.10. The van der Waals surface area contributed by atoms with Gasteiger partial charge in [-0.05, 0) is 6.42 Å². The molecule has 0 bridgehead atoms. The molecular formula is C24H46O11. The fourth-order valence-corrected chi connectivity index (χ4v) is 4.78. The topological polar surface area (TPSA) is 190 Å². The summed E-state index contributed by atoms with van der Waals surface area (Å²) >= 11 is 0. The molecule has 0 aromatic carbocycles. The van der Waals surface area contributed by atoms with Crippen LogP contribution in [-0.4, -0.2) is 115 Å². The molecule has 11 nitrogen and oxygen atoms in total. The zero-order chi connectivity index (χ0) is 26.0. The summed E-state index contributed by atoms with van der Waals surface area (Å²) in [6, 6.07) is 0. The van der Waals surface area contributed by atoms with Crippen LogP contribution in [0, 0.1) is 0 Å². The first-order valence-corrected chi connectivity index (χ1v) is 13.0. The van der Waals surface area contributed by atoms with Crippen molar-refractivity contribution in [3.05, 3.63) is 0 Å². The second kappa shape index (κ2) is 15.1. The highest BCUT2D eigenvalue weighted by molar-refractivity contribution is 4.98. The minimum absolute atomic E-state index is 0.0466. The summed E-state index contributed by atoms with van der Waals surface area (Å²) in [4.78, 5) is 0. The molecule has 2 aliphatic heterocycles. The van der Waals surface area contributed by atoms with Gasteiger partial charge in [-0.1, -0.05) is 64.7 Å². The molecule has 0 aromatic rings. The maximum atomic E-state index is 10.9. The molecule has 0 aromatic heterocycles. The molecule has 0 radical (unpaired) electrons. The first kappa shape index (κ1) is 30.8. The summed E-state index contributed by atoms with van der Waals surface area (Å²) in [6.45, 7) is 0.849. The van der Waals surface area contributed by atoms with Crippen molar-refractivity contribution in [2.45, 2.75) is 138 Å². The standard InChI is InChI=1S/C24H46O11/c1-2-3-4-5-6-7-8-9-10-11-12-24(32)22(31)20(30)21(16(14-26)35-24)34-23-19(29)18(28)17(27)15(13-25)33-23/h15-23,25-32H,2-14H2,1H3/t15-,16-,17+,18+,19-,20+,21-,22-,23+,24+/m1/s1. The number of rotatable bonds is 15. The number of unbranched alkanes of at least 4 members (excludes halogenated alkanes) is 9. The largest absolute Gasteiger partial charge is 0.394 e. The zero-order valence-corrected chi connectivity index (χ0v) is 20.7. The molecule has 8 N–H and O–H groups in total. The molecule has 208 valence electrons. The van der Waals surface area contributed by atoms with Gasteiger partial charge >= 0.3 is 0 Å². The lowest BCUT2D eigenvalue weighted by Gasteiger charge is -2.49. The first-order valence-electron chi connectivity index (χ1n) is 13.0. The van der Waals surface area contributed by atoms with Crippen molar-refractivity contribution in [2.75, 3.05) is 13.2 Å². The van der Waals surface area contributed by atoms with Crippen LogP contribution in [0.25, 0.3) is 0 Å². The Morgan fingerprint density at radius 3 is 1.77 bits per heavy atom. The zero-order valence-electron chi connectivity index (χ0n) is 20.7.